The molecule has 0 amide bonds. The Morgan fingerprint density at radius 2 is 2.00 bits per heavy atom. The van der Waals surface area contributed by atoms with Crippen LogP contribution in [0.5, 0.6) is 0 Å². The summed E-state index contributed by atoms with van der Waals surface area (Å²) in [5.74, 6) is 0.764. The molecule has 0 aliphatic carbocycles. The van der Waals surface area contributed by atoms with Gasteiger partial charge >= 0.3 is 0 Å². The van der Waals surface area contributed by atoms with E-state index in [4.69, 9.17) is 0 Å². The summed E-state index contributed by atoms with van der Waals surface area (Å²) in [6, 6.07) is 0.177. The number of piperidine rings is 1. The summed E-state index contributed by atoms with van der Waals surface area (Å²) in [6.45, 7) is 5.60. The third kappa shape index (κ3) is 3.71. The van der Waals surface area contributed by atoms with Gasteiger partial charge < -0.3 is 5.32 Å². The summed E-state index contributed by atoms with van der Waals surface area (Å²) in [5.41, 5.74) is 0. The van der Waals surface area contributed by atoms with Gasteiger partial charge in [-0.25, -0.2) is 8.42 Å². The van der Waals surface area contributed by atoms with Gasteiger partial charge in [0.1, 0.15) is 0 Å². The van der Waals surface area contributed by atoms with Gasteiger partial charge in [0.2, 0.25) is 10.0 Å². The Balaban J connectivity index is 2.58. The Bertz CT molecular complexity index is 303. The van der Waals surface area contributed by atoms with Crippen molar-refractivity contribution in [2.75, 3.05) is 25.9 Å². The lowest BCUT2D eigenvalue weighted by Crippen LogP contribution is -2.46. The highest BCUT2D eigenvalue weighted by atomic mass is 32.2. The van der Waals surface area contributed by atoms with E-state index in [0.29, 0.717) is 18.9 Å². The van der Waals surface area contributed by atoms with Crippen LogP contribution in [0.15, 0.2) is 0 Å². The fourth-order valence-corrected chi connectivity index (χ4v) is 4.06. The highest BCUT2D eigenvalue weighted by Crippen LogP contribution is 2.24. The lowest BCUT2D eigenvalue weighted by molar-refractivity contribution is 0.218. The quantitative estimate of drug-likeness (QED) is 0.740. The topological polar surface area (TPSA) is 49.4 Å². The first-order valence-corrected chi connectivity index (χ1v) is 7.72. The summed E-state index contributed by atoms with van der Waals surface area (Å²) < 4.78 is 25.9. The fraction of sp³-hybridized carbons (Fsp3) is 1.00. The number of sulfonamides is 1. The molecule has 4 nitrogen and oxygen atoms in total. The highest BCUT2D eigenvalue weighted by Gasteiger charge is 2.31. The normalized spacial score (nSPS) is 28.2. The SMILES string of the molecule is CNCCCS(=O)(=O)N1CC(C)CCC1C. The van der Waals surface area contributed by atoms with Crippen molar-refractivity contribution in [3.05, 3.63) is 0 Å². The fourth-order valence-electron chi connectivity index (χ4n) is 2.18. The molecule has 1 saturated heterocycles. The van der Waals surface area contributed by atoms with E-state index < -0.39 is 10.0 Å². The van der Waals surface area contributed by atoms with Crippen molar-refractivity contribution in [3.63, 3.8) is 0 Å². The summed E-state index contributed by atoms with van der Waals surface area (Å²) in [6.07, 6.45) is 2.83. The van der Waals surface area contributed by atoms with Crippen molar-refractivity contribution in [2.45, 2.75) is 39.2 Å². The zero-order chi connectivity index (χ0) is 12.2. The van der Waals surface area contributed by atoms with Crippen molar-refractivity contribution in [1.29, 1.82) is 0 Å². The second-order valence-corrected chi connectivity index (χ2v) is 6.92. The number of hydrogen-bond donors (Lipinski definition) is 1. The van der Waals surface area contributed by atoms with E-state index in [-0.39, 0.29) is 11.8 Å². The minimum atomic E-state index is -3.04. The summed E-state index contributed by atoms with van der Waals surface area (Å²) >= 11 is 0. The van der Waals surface area contributed by atoms with E-state index in [0.717, 1.165) is 19.4 Å². The Kier molecular flexibility index (Phi) is 5.21. The monoisotopic (exact) mass is 248 g/mol. The Labute approximate surface area is 99.5 Å². The molecule has 5 heteroatoms. The first kappa shape index (κ1) is 13.9. The van der Waals surface area contributed by atoms with Gasteiger partial charge in [0.15, 0.2) is 0 Å². The highest BCUT2D eigenvalue weighted by molar-refractivity contribution is 7.89. The molecule has 96 valence electrons. The van der Waals surface area contributed by atoms with Crippen LogP contribution in [-0.2, 0) is 10.0 Å². The van der Waals surface area contributed by atoms with Crippen LogP contribution in [0.4, 0.5) is 0 Å². The lowest BCUT2D eigenvalue weighted by atomic mass is 9.97. The minimum Gasteiger partial charge on any atom is -0.320 e. The van der Waals surface area contributed by atoms with E-state index in [1.165, 1.54) is 0 Å². The molecule has 1 fully saturated rings. The van der Waals surface area contributed by atoms with Gasteiger partial charge in [-0.3, -0.25) is 0 Å². The van der Waals surface area contributed by atoms with Crippen LogP contribution in [0, 0.1) is 5.92 Å². The van der Waals surface area contributed by atoms with Crippen molar-refractivity contribution < 1.29 is 8.42 Å². The molecule has 2 unspecified atom stereocenters. The molecule has 1 rings (SSSR count). The Morgan fingerprint density at radius 1 is 1.31 bits per heavy atom. The maximum absolute atomic E-state index is 12.1. The van der Waals surface area contributed by atoms with Crippen LogP contribution in [0.2, 0.25) is 0 Å². The molecule has 2 atom stereocenters. The van der Waals surface area contributed by atoms with Crippen LogP contribution >= 0.6 is 0 Å². The average molecular weight is 248 g/mol. The van der Waals surface area contributed by atoms with Gasteiger partial charge in [-0.1, -0.05) is 6.92 Å². The second-order valence-electron chi connectivity index (χ2n) is 4.87. The smallest absolute Gasteiger partial charge is 0.214 e. The largest absolute Gasteiger partial charge is 0.320 e. The molecular weight excluding hydrogens is 224 g/mol. The van der Waals surface area contributed by atoms with E-state index in [9.17, 15) is 8.42 Å². The Morgan fingerprint density at radius 3 is 2.62 bits per heavy atom. The number of nitrogens with one attached hydrogen (secondary N) is 1. The van der Waals surface area contributed by atoms with Gasteiger partial charge in [0, 0.05) is 12.6 Å². The minimum absolute atomic E-state index is 0.177. The molecule has 0 bridgehead atoms. The van der Waals surface area contributed by atoms with Crippen LogP contribution < -0.4 is 5.32 Å². The van der Waals surface area contributed by atoms with Crippen molar-refractivity contribution >= 4 is 10.0 Å². The van der Waals surface area contributed by atoms with E-state index in [1.807, 2.05) is 14.0 Å². The molecule has 0 saturated carbocycles. The van der Waals surface area contributed by atoms with Gasteiger partial charge in [0.25, 0.3) is 0 Å². The zero-order valence-corrected chi connectivity index (χ0v) is 11.4. The van der Waals surface area contributed by atoms with Crippen molar-refractivity contribution in [1.82, 2.24) is 9.62 Å². The number of hydrogen-bond acceptors (Lipinski definition) is 3. The molecule has 0 aromatic heterocycles. The van der Waals surface area contributed by atoms with Crippen LogP contribution in [0.1, 0.15) is 33.1 Å². The van der Waals surface area contributed by atoms with Crippen LogP contribution in [-0.4, -0.2) is 44.7 Å². The van der Waals surface area contributed by atoms with Crippen molar-refractivity contribution in [2.24, 2.45) is 5.92 Å². The molecule has 16 heavy (non-hydrogen) atoms. The predicted molar refractivity (Wildman–Crippen MR) is 66.9 cm³/mol. The average Bonchev–Trinajstić information content (AvgIpc) is 2.22. The molecular formula is C11H24N2O2S. The van der Waals surface area contributed by atoms with E-state index >= 15 is 0 Å². The van der Waals surface area contributed by atoms with Gasteiger partial charge in [0.05, 0.1) is 5.75 Å². The first-order chi connectivity index (χ1) is 7.47. The zero-order valence-electron chi connectivity index (χ0n) is 10.6. The molecule has 1 aliphatic rings. The molecule has 1 N–H and O–H groups in total. The molecule has 0 aromatic rings. The van der Waals surface area contributed by atoms with E-state index in [2.05, 4.69) is 12.2 Å². The molecule has 0 aromatic carbocycles. The maximum atomic E-state index is 12.1. The van der Waals surface area contributed by atoms with Gasteiger partial charge in [-0.15, -0.1) is 0 Å². The summed E-state index contributed by atoms with van der Waals surface area (Å²) in [4.78, 5) is 0. The van der Waals surface area contributed by atoms with Gasteiger partial charge in [-0.05, 0) is 45.7 Å². The van der Waals surface area contributed by atoms with Crippen LogP contribution in [0.3, 0.4) is 0 Å². The lowest BCUT2D eigenvalue weighted by Gasteiger charge is -2.35. The molecule has 1 heterocycles. The third-order valence-electron chi connectivity index (χ3n) is 3.25. The number of rotatable bonds is 5. The molecule has 0 spiro atoms. The molecule has 0 radical (unpaired) electrons. The third-order valence-corrected chi connectivity index (χ3v) is 5.27. The predicted octanol–water partition coefficient (Wildman–Crippen LogP) is 1.05. The van der Waals surface area contributed by atoms with Crippen LogP contribution in [0.25, 0.3) is 0 Å². The summed E-state index contributed by atoms with van der Waals surface area (Å²) in [5, 5.41) is 2.98. The van der Waals surface area contributed by atoms with Gasteiger partial charge in [-0.2, -0.15) is 4.31 Å². The summed E-state index contributed by atoms with van der Waals surface area (Å²) in [7, 11) is -1.20. The molecule has 1 aliphatic heterocycles. The first-order valence-electron chi connectivity index (χ1n) is 6.11. The van der Waals surface area contributed by atoms with Crippen molar-refractivity contribution in [3.8, 4) is 0 Å². The second kappa shape index (κ2) is 5.98. The Hall–Kier alpha value is -0.130. The number of nitrogens with zero attached hydrogens (tertiary/aromatic N) is 1. The standard InChI is InChI=1S/C11H24N2O2S/c1-10-5-6-11(2)13(9-10)16(14,15)8-4-7-12-3/h10-12H,4-9H2,1-3H3. The maximum Gasteiger partial charge on any atom is 0.214 e. The van der Waals surface area contributed by atoms with E-state index in [1.54, 1.807) is 4.31 Å².